The fourth-order valence-corrected chi connectivity index (χ4v) is 0.736. The first-order chi connectivity index (χ1) is 5.22. The molecule has 0 heterocycles. The Labute approximate surface area is 65.2 Å². The predicted molar refractivity (Wildman–Crippen MR) is 39.3 cm³/mol. The first kappa shape index (κ1) is 10.3. The zero-order valence-corrected chi connectivity index (χ0v) is 6.29. The van der Waals surface area contributed by atoms with E-state index >= 15 is 0 Å². The van der Waals surface area contributed by atoms with E-state index in [1.54, 1.807) is 5.48 Å². The van der Waals surface area contributed by atoms with E-state index in [1.165, 1.54) is 0 Å². The summed E-state index contributed by atoms with van der Waals surface area (Å²) in [6, 6.07) is -0.860. The summed E-state index contributed by atoms with van der Waals surface area (Å²) in [4.78, 5) is 10.3. The largest absolute Gasteiger partial charge is 0.480 e. The lowest BCUT2D eigenvalue weighted by Gasteiger charge is -2.08. The summed E-state index contributed by atoms with van der Waals surface area (Å²) in [5.74, 6) is -1.04. The molecule has 0 rings (SSSR count). The molecule has 0 saturated carbocycles. The fraction of sp³-hybridized carbons (Fsp3) is 0.833. The van der Waals surface area contributed by atoms with Crippen LogP contribution in [0.1, 0.15) is 19.3 Å². The van der Waals surface area contributed by atoms with Crippen LogP contribution in [0, 0.1) is 0 Å². The van der Waals surface area contributed by atoms with Gasteiger partial charge < -0.3 is 16.0 Å². The van der Waals surface area contributed by atoms with E-state index in [0.717, 1.165) is 6.42 Å². The molecule has 0 bridgehead atoms. The van der Waals surface area contributed by atoms with Crippen LogP contribution < -0.4 is 11.2 Å². The highest BCUT2D eigenvalue weighted by molar-refractivity contribution is 5.73. The van der Waals surface area contributed by atoms with Crippen molar-refractivity contribution < 1.29 is 15.1 Å². The Bertz CT molecular complexity index is 118. The molecule has 5 N–H and O–H groups in total. The quantitative estimate of drug-likeness (QED) is 0.313. The van der Waals surface area contributed by atoms with Crippen LogP contribution in [0.25, 0.3) is 0 Å². The topological polar surface area (TPSA) is 95.6 Å². The van der Waals surface area contributed by atoms with Crippen LogP contribution in [0.5, 0.6) is 0 Å². The molecule has 0 spiro atoms. The van der Waals surface area contributed by atoms with Crippen LogP contribution in [-0.4, -0.2) is 28.9 Å². The van der Waals surface area contributed by atoms with Gasteiger partial charge in [0.1, 0.15) is 6.04 Å². The molecule has 0 fully saturated rings. The van der Waals surface area contributed by atoms with Gasteiger partial charge in [0.2, 0.25) is 0 Å². The predicted octanol–water partition coefficient (Wildman–Crippen LogP) is -0.453. The maximum atomic E-state index is 10.3. The number of carboxylic acid groups (broad SMARTS) is 1. The van der Waals surface area contributed by atoms with Gasteiger partial charge in [0.05, 0.1) is 0 Å². The third kappa shape index (κ3) is 4.72. The molecule has 0 aromatic rings. The van der Waals surface area contributed by atoms with E-state index in [1.807, 2.05) is 0 Å². The first-order valence-electron chi connectivity index (χ1n) is 3.55. The number of hydroxylamine groups is 1. The Morgan fingerprint density at radius 2 is 2.18 bits per heavy atom. The van der Waals surface area contributed by atoms with Gasteiger partial charge in [-0.3, -0.25) is 4.79 Å². The summed E-state index contributed by atoms with van der Waals surface area (Å²) in [5, 5.41) is 16.8. The molecule has 66 valence electrons. The van der Waals surface area contributed by atoms with Crippen LogP contribution in [-0.2, 0) is 4.79 Å². The smallest absolute Gasteiger partial charge is 0.323 e. The van der Waals surface area contributed by atoms with E-state index in [9.17, 15) is 4.79 Å². The highest BCUT2D eigenvalue weighted by atomic mass is 16.5. The average Bonchev–Trinajstić information content (AvgIpc) is 1.97. The molecule has 0 radical (unpaired) electrons. The second-order valence-corrected chi connectivity index (χ2v) is 2.30. The summed E-state index contributed by atoms with van der Waals surface area (Å²) in [5.41, 5.74) is 6.92. The number of carboxylic acids is 1. The lowest BCUT2D eigenvalue weighted by Crippen LogP contribution is -2.34. The molecule has 0 amide bonds. The number of nitrogens with two attached hydrogens (primary N) is 1. The Morgan fingerprint density at radius 3 is 2.55 bits per heavy atom. The van der Waals surface area contributed by atoms with Gasteiger partial charge in [0, 0.05) is 0 Å². The summed E-state index contributed by atoms with van der Waals surface area (Å²) in [6.45, 7) is 0.553. The minimum absolute atomic E-state index is 0.406. The highest BCUT2D eigenvalue weighted by Gasteiger charge is 2.14. The van der Waals surface area contributed by atoms with E-state index in [2.05, 4.69) is 0 Å². The second kappa shape index (κ2) is 6.09. The van der Waals surface area contributed by atoms with Crippen molar-refractivity contribution in [1.82, 2.24) is 5.48 Å². The SMILES string of the molecule is NCCCC[C@@H](NO)C(=O)O. The molecule has 0 aromatic carbocycles. The monoisotopic (exact) mass is 162 g/mol. The molecule has 11 heavy (non-hydrogen) atoms. The third-order valence-corrected chi connectivity index (χ3v) is 1.40. The van der Waals surface area contributed by atoms with Gasteiger partial charge in [-0.2, -0.15) is 5.48 Å². The summed E-state index contributed by atoms with van der Waals surface area (Å²) in [6.07, 6.45) is 1.90. The van der Waals surface area contributed by atoms with E-state index in [-0.39, 0.29) is 0 Å². The van der Waals surface area contributed by atoms with E-state index < -0.39 is 12.0 Å². The summed E-state index contributed by atoms with van der Waals surface area (Å²) < 4.78 is 0. The number of unbranched alkanes of at least 4 members (excludes halogenated alkanes) is 1. The van der Waals surface area contributed by atoms with Crippen molar-refractivity contribution >= 4 is 5.97 Å². The van der Waals surface area contributed by atoms with Gasteiger partial charge >= 0.3 is 5.97 Å². The van der Waals surface area contributed by atoms with Gasteiger partial charge in [0.15, 0.2) is 0 Å². The molecule has 0 aliphatic carbocycles. The van der Waals surface area contributed by atoms with Crippen molar-refractivity contribution in [2.45, 2.75) is 25.3 Å². The maximum absolute atomic E-state index is 10.3. The number of aliphatic carboxylic acids is 1. The van der Waals surface area contributed by atoms with Crippen LogP contribution in [0.15, 0.2) is 0 Å². The van der Waals surface area contributed by atoms with Crippen molar-refractivity contribution in [3.05, 3.63) is 0 Å². The molecule has 1 atom stereocenters. The normalized spacial score (nSPS) is 12.9. The lowest BCUT2D eigenvalue weighted by atomic mass is 10.1. The number of carbonyl (C=O) groups is 1. The standard InChI is InChI=1S/C6H14N2O3/c7-4-2-1-3-5(8-11)6(9)10/h5,8,11H,1-4,7H2,(H,9,10)/t5-/m1/s1. The minimum atomic E-state index is -1.04. The van der Waals surface area contributed by atoms with Crippen LogP contribution in [0.4, 0.5) is 0 Å². The molecular formula is C6H14N2O3. The fourth-order valence-electron chi connectivity index (χ4n) is 0.736. The molecular weight excluding hydrogens is 148 g/mol. The Hall–Kier alpha value is -0.650. The second-order valence-electron chi connectivity index (χ2n) is 2.30. The van der Waals surface area contributed by atoms with Gasteiger partial charge in [-0.15, -0.1) is 0 Å². The Balaban J connectivity index is 3.44. The Morgan fingerprint density at radius 1 is 1.55 bits per heavy atom. The molecule has 5 heteroatoms. The van der Waals surface area contributed by atoms with Crippen molar-refractivity contribution in [2.75, 3.05) is 6.54 Å². The average molecular weight is 162 g/mol. The van der Waals surface area contributed by atoms with Gasteiger partial charge in [-0.25, -0.2) is 0 Å². The van der Waals surface area contributed by atoms with Crippen LogP contribution >= 0.6 is 0 Å². The number of nitrogens with one attached hydrogen (secondary N) is 1. The summed E-state index contributed by atoms with van der Waals surface area (Å²) in [7, 11) is 0. The molecule has 0 aliphatic heterocycles. The van der Waals surface area contributed by atoms with Crippen molar-refractivity contribution in [3.63, 3.8) is 0 Å². The molecule has 0 aliphatic rings. The zero-order chi connectivity index (χ0) is 8.69. The number of hydrogen-bond acceptors (Lipinski definition) is 4. The van der Waals surface area contributed by atoms with Gasteiger partial charge in [-0.1, -0.05) is 0 Å². The van der Waals surface area contributed by atoms with Gasteiger partial charge in [0.25, 0.3) is 0 Å². The molecule has 0 saturated heterocycles. The third-order valence-electron chi connectivity index (χ3n) is 1.40. The van der Waals surface area contributed by atoms with Crippen molar-refractivity contribution in [3.8, 4) is 0 Å². The minimum Gasteiger partial charge on any atom is -0.480 e. The molecule has 0 unspecified atom stereocenters. The number of rotatable bonds is 6. The molecule has 0 aromatic heterocycles. The highest BCUT2D eigenvalue weighted by Crippen LogP contribution is 1.99. The Kier molecular flexibility index (Phi) is 5.73. The van der Waals surface area contributed by atoms with Crippen molar-refractivity contribution in [2.24, 2.45) is 5.73 Å². The van der Waals surface area contributed by atoms with E-state index in [4.69, 9.17) is 16.0 Å². The lowest BCUT2D eigenvalue weighted by molar-refractivity contribution is -0.142. The van der Waals surface area contributed by atoms with E-state index in [0.29, 0.717) is 19.4 Å². The van der Waals surface area contributed by atoms with Crippen molar-refractivity contribution in [1.29, 1.82) is 0 Å². The summed E-state index contributed by atoms with van der Waals surface area (Å²) >= 11 is 0. The zero-order valence-electron chi connectivity index (χ0n) is 6.29. The van der Waals surface area contributed by atoms with Crippen LogP contribution in [0.2, 0.25) is 0 Å². The first-order valence-corrected chi connectivity index (χ1v) is 3.55. The van der Waals surface area contributed by atoms with Crippen LogP contribution in [0.3, 0.4) is 0 Å². The molecule has 5 nitrogen and oxygen atoms in total. The maximum Gasteiger partial charge on any atom is 0.323 e. The number of hydrogen-bond donors (Lipinski definition) is 4. The van der Waals surface area contributed by atoms with Gasteiger partial charge in [-0.05, 0) is 25.8 Å².